The number of carbonyl (C=O) groups excluding carboxylic acids is 2. The molecule has 4 nitrogen and oxygen atoms in total. The lowest BCUT2D eigenvalue weighted by molar-refractivity contribution is -0.141. The van der Waals surface area contributed by atoms with Crippen LogP contribution in [0.2, 0.25) is 5.02 Å². The monoisotopic (exact) mass is 522 g/mol. The lowest BCUT2D eigenvalue weighted by Crippen LogP contribution is -2.51. The van der Waals surface area contributed by atoms with E-state index in [1.165, 1.54) is 0 Å². The molecule has 3 aromatic rings. The number of rotatable bonds is 12. The second-order valence-corrected chi connectivity index (χ2v) is 11.0. The molecule has 0 fully saturated rings. The van der Waals surface area contributed by atoms with Crippen molar-refractivity contribution in [1.29, 1.82) is 0 Å². The molecule has 3 aromatic carbocycles. The summed E-state index contributed by atoms with van der Waals surface area (Å²) in [4.78, 5) is 29.9. The van der Waals surface area contributed by atoms with Gasteiger partial charge in [-0.2, -0.15) is 0 Å². The number of aryl methyl sites for hydroxylation is 1. The number of amides is 2. The minimum Gasteiger partial charge on any atom is -0.354 e. The van der Waals surface area contributed by atoms with Crippen LogP contribution >= 0.6 is 23.4 Å². The largest absolute Gasteiger partial charge is 0.354 e. The van der Waals surface area contributed by atoms with Gasteiger partial charge < -0.3 is 10.2 Å². The molecular weight excluding hydrogens is 488 g/mol. The first-order valence-corrected chi connectivity index (χ1v) is 13.7. The standard InChI is InChI=1S/C30H35ClN2O2S/c1-22(2)20-32-30(35)28(19-24-7-5-4-6-8-24)33(21-25-11-9-23(3)10-12-25)29(34)17-18-36-27-15-13-26(31)14-16-27/h4-16,22,28H,17-21H2,1-3H3,(H,32,35)/t28-/m1/s1. The number of nitrogens with one attached hydrogen (secondary N) is 1. The summed E-state index contributed by atoms with van der Waals surface area (Å²) in [5, 5.41) is 3.76. The van der Waals surface area contributed by atoms with Crippen LogP contribution in [0.3, 0.4) is 0 Å². The van der Waals surface area contributed by atoms with Crippen LogP contribution in [0.15, 0.2) is 83.8 Å². The number of halogens is 1. The lowest BCUT2D eigenvalue weighted by atomic mass is 10.0. The van der Waals surface area contributed by atoms with Crippen LogP contribution in [-0.2, 0) is 22.6 Å². The van der Waals surface area contributed by atoms with Crippen molar-refractivity contribution in [3.63, 3.8) is 0 Å². The summed E-state index contributed by atoms with van der Waals surface area (Å²) < 4.78 is 0. The normalized spacial score (nSPS) is 11.8. The van der Waals surface area contributed by atoms with E-state index in [1.807, 2.05) is 85.8 Å². The third-order valence-corrected chi connectivity index (χ3v) is 7.09. The Labute approximate surface area is 224 Å². The van der Waals surface area contributed by atoms with Crippen LogP contribution < -0.4 is 5.32 Å². The minimum absolute atomic E-state index is 0.0299. The molecule has 1 atom stereocenters. The van der Waals surface area contributed by atoms with Gasteiger partial charge in [-0.05, 0) is 48.2 Å². The molecule has 0 bridgehead atoms. The number of carbonyl (C=O) groups is 2. The highest BCUT2D eigenvalue weighted by Crippen LogP contribution is 2.23. The van der Waals surface area contributed by atoms with E-state index in [9.17, 15) is 9.59 Å². The summed E-state index contributed by atoms with van der Waals surface area (Å²) >= 11 is 7.61. The second kappa shape index (κ2) is 14.1. The molecule has 3 rings (SSSR count). The predicted molar refractivity (Wildman–Crippen MR) is 150 cm³/mol. The van der Waals surface area contributed by atoms with Gasteiger partial charge in [0.2, 0.25) is 11.8 Å². The van der Waals surface area contributed by atoms with Crippen LogP contribution in [0.5, 0.6) is 0 Å². The third-order valence-electron chi connectivity index (χ3n) is 5.83. The van der Waals surface area contributed by atoms with Gasteiger partial charge in [0, 0.05) is 41.6 Å². The molecule has 0 aliphatic heterocycles. The summed E-state index contributed by atoms with van der Waals surface area (Å²) in [7, 11) is 0. The number of nitrogens with zero attached hydrogens (tertiary/aromatic N) is 1. The van der Waals surface area contributed by atoms with E-state index < -0.39 is 6.04 Å². The molecule has 0 heterocycles. The fourth-order valence-electron chi connectivity index (χ4n) is 3.80. The number of hydrogen-bond acceptors (Lipinski definition) is 3. The molecule has 2 amide bonds. The molecule has 0 saturated heterocycles. The first-order chi connectivity index (χ1) is 17.3. The summed E-state index contributed by atoms with van der Waals surface area (Å²) in [6.07, 6.45) is 0.800. The third kappa shape index (κ3) is 9.03. The Morgan fingerprint density at radius 3 is 2.22 bits per heavy atom. The first-order valence-electron chi connectivity index (χ1n) is 12.4. The maximum atomic E-state index is 13.6. The summed E-state index contributed by atoms with van der Waals surface area (Å²) in [6, 6.07) is 25.1. The molecule has 6 heteroatoms. The van der Waals surface area contributed by atoms with Gasteiger partial charge in [-0.15, -0.1) is 11.8 Å². The van der Waals surface area contributed by atoms with Gasteiger partial charge in [-0.1, -0.05) is 85.6 Å². The van der Waals surface area contributed by atoms with Crippen LogP contribution in [0.4, 0.5) is 0 Å². The van der Waals surface area contributed by atoms with Crippen molar-refractivity contribution in [2.45, 2.75) is 51.1 Å². The molecule has 0 aromatic heterocycles. The molecule has 0 aliphatic carbocycles. The smallest absolute Gasteiger partial charge is 0.243 e. The molecule has 0 radical (unpaired) electrons. The summed E-state index contributed by atoms with van der Waals surface area (Å²) in [6.45, 7) is 7.13. The second-order valence-electron chi connectivity index (χ2n) is 9.40. The minimum atomic E-state index is -0.597. The Balaban J connectivity index is 1.82. The van der Waals surface area contributed by atoms with Gasteiger partial charge in [0.05, 0.1) is 0 Å². The quantitative estimate of drug-likeness (QED) is 0.275. The van der Waals surface area contributed by atoms with E-state index >= 15 is 0 Å². The Hall–Kier alpha value is -2.76. The molecule has 1 N–H and O–H groups in total. The van der Waals surface area contributed by atoms with Gasteiger partial charge in [0.15, 0.2) is 0 Å². The molecule has 0 saturated carbocycles. The van der Waals surface area contributed by atoms with Gasteiger partial charge in [-0.25, -0.2) is 0 Å². The molecule has 36 heavy (non-hydrogen) atoms. The summed E-state index contributed by atoms with van der Waals surface area (Å²) in [5.41, 5.74) is 3.19. The van der Waals surface area contributed by atoms with Gasteiger partial charge in [0.1, 0.15) is 6.04 Å². The highest BCUT2D eigenvalue weighted by Gasteiger charge is 2.30. The van der Waals surface area contributed by atoms with E-state index in [1.54, 1.807) is 16.7 Å². The van der Waals surface area contributed by atoms with E-state index in [-0.39, 0.29) is 11.8 Å². The molecule has 0 aliphatic rings. The Morgan fingerprint density at radius 2 is 1.58 bits per heavy atom. The maximum Gasteiger partial charge on any atom is 0.243 e. The topological polar surface area (TPSA) is 49.4 Å². The van der Waals surface area contributed by atoms with Crippen molar-refractivity contribution in [3.05, 3.63) is 101 Å². The van der Waals surface area contributed by atoms with Crippen LogP contribution in [0.1, 0.15) is 37.0 Å². The average molecular weight is 523 g/mol. The van der Waals surface area contributed by atoms with E-state index in [2.05, 4.69) is 19.2 Å². The maximum absolute atomic E-state index is 13.6. The zero-order valence-corrected chi connectivity index (χ0v) is 22.8. The van der Waals surface area contributed by atoms with Gasteiger partial charge in [0.25, 0.3) is 0 Å². The van der Waals surface area contributed by atoms with Crippen LogP contribution in [-0.4, -0.2) is 35.1 Å². The average Bonchev–Trinajstić information content (AvgIpc) is 2.87. The fraction of sp³-hybridized carbons (Fsp3) is 0.333. The van der Waals surface area contributed by atoms with E-state index in [4.69, 9.17) is 11.6 Å². The predicted octanol–water partition coefficient (Wildman–Crippen LogP) is 6.54. The Morgan fingerprint density at radius 1 is 0.917 bits per heavy atom. The van der Waals surface area contributed by atoms with Crippen molar-refractivity contribution >= 4 is 35.2 Å². The number of benzene rings is 3. The first kappa shape index (κ1) is 27.8. The Kier molecular flexibility index (Phi) is 10.9. The number of thioether (sulfide) groups is 1. The zero-order valence-electron chi connectivity index (χ0n) is 21.2. The molecule has 190 valence electrons. The molecule has 0 spiro atoms. The van der Waals surface area contributed by atoms with Gasteiger partial charge in [-0.3, -0.25) is 9.59 Å². The van der Waals surface area contributed by atoms with Gasteiger partial charge >= 0.3 is 0 Å². The van der Waals surface area contributed by atoms with Crippen molar-refractivity contribution in [1.82, 2.24) is 10.2 Å². The van der Waals surface area contributed by atoms with Crippen molar-refractivity contribution in [2.24, 2.45) is 5.92 Å². The van der Waals surface area contributed by atoms with E-state index in [0.717, 1.165) is 21.6 Å². The Bertz CT molecular complexity index is 1100. The molecular formula is C30H35ClN2O2S. The molecule has 0 unspecified atom stereocenters. The highest BCUT2D eigenvalue weighted by molar-refractivity contribution is 7.99. The number of hydrogen-bond donors (Lipinski definition) is 1. The van der Waals surface area contributed by atoms with E-state index in [0.29, 0.717) is 42.6 Å². The zero-order chi connectivity index (χ0) is 25.9. The van der Waals surface area contributed by atoms with Crippen molar-refractivity contribution in [3.8, 4) is 0 Å². The van der Waals surface area contributed by atoms with Crippen LogP contribution in [0, 0.1) is 12.8 Å². The van der Waals surface area contributed by atoms with Crippen molar-refractivity contribution in [2.75, 3.05) is 12.3 Å². The highest BCUT2D eigenvalue weighted by atomic mass is 35.5. The van der Waals surface area contributed by atoms with Crippen molar-refractivity contribution < 1.29 is 9.59 Å². The lowest BCUT2D eigenvalue weighted by Gasteiger charge is -2.32. The summed E-state index contributed by atoms with van der Waals surface area (Å²) in [5.74, 6) is 0.802. The fourth-order valence-corrected chi connectivity index (χ4v) is 4.76. The van der Waals surface area contributed by atoms with Crippen LogP contribution in [0.25, 0.3) is 0 Å². The SMILES string of the molecule is Cc1ccc(CN(C(=O)CCSc2ccc(Cl)cc2)[C@H](Cc2ccccc2)C(=O)NCC(C)C)cc1.